The Kier molecular flexibility index (Phi) is 7.30. The Morgan fingerprint density at radius 2 is 1.79 bits per heavy atom. The molecule has 0 aliphatic heterocycles. The smallest absolute Gasteiger partial charge is 0.250 e. The molecule has 0 saturated heterocycles. The summed E-state index contributed by atoms with van der Waals surface area (Å²) < 4.78 is 0. The second kappa shape index (κ2) is 8.47. The molecule has 1 amide bonds. The number of hydrogen-bond acceptors (Lipinski definition) is 5. The van der Waals surface area contributed by atoms with Gasteiger partial charge < -0.3 is 26.4 Å². The fraction of sp³-hybridized carbons (Fsp3) is 0.923. The van der Waals surface area contributed by atoms with Gasteiger partial charge in [-0.05, 0) is 12.3 Å². The van der Waals surface area contributed by atoms with Crippen molar-refractivity contribution in [3.05, 3.63) is 0 Å². The summed E-state index contributed by atoms with van der Waals surface area (Å²) >= 11 is 0. The molecule has 6 nitrogen and oxygen atoms in total. The van der Waals surface area contributed by atoms with Gasteiger partial charge in [0.05, 0.1) is 19.3 Å². The number of aliphatic hydroxyl groups excluding tert-OH is 3. The molecular weight excluding hydrogens is 248 g/mol. The van der Waals surface area contributed by atoms with Crippen molar-refractivity contribution in [1.29, 1.82) is 0 Å². The van der Waals surface area contributed by atoms with Gasteiger partial charge in [-0.15, -0.1) is 0 Å². The van der Waals surface area contributed by atoms with Crippen molar-refractivity contribution in [3.8, 4) is 0 Å². The van der Waals surface area contributed by atoms with Crippen LogP contribution < -0.4 is 11.1 Å². The van der Waals surface area contributed by atoms with Crippen LogP contribution >= 0.6 is 0 Å². The lowest BCUT2D eigenvalue weighted by Gasteiger charge is -2.27. The Morgan fingerprint density at radius 1 is 1.21 bits per heavy atom. The zero-order chi connectivity index (χ0) is 14.3. The van der Waals surface area contributed by atoms with Gasteiger partial charge in [-0.3, -0.25) is 4.79 Å². The van der Waals surface area contributed by atoms with Crippen LogP contribution in [0.4, 0.5) is 0 Å². The first-order valence-corrected chi connectivity index (χ1v) is 7.04. The highest BCUT2D eigenvalue weighted by atomic mass is 16.3. The van der Waals surface area contributed by atoms with Gasteiger partial charge in [0.2, 0.25) is 0 Å². The third-order valence-corrected chi connectivity index (χ3v) is 3.79. The van der Waals surface area contributed by atoms with Gasteiger partial charge in [-0.1, -0.05) is 32.1 Å². The predicted octanol–water partition coefficient (Wildman–Crippen LogP) is -0.886. The van der Waals surface area contributed by atoms with Gasteiger partial charge in [0.15, 0.2) is 0 Å². The zero-order valence-electron chi connectivity index (χ0n) is 11.3. The van der Waals surface area contributed by atoms with E-state index in [-0.39, 0.29) is 13.2 Å². The second-order valence-corrected chi connectivity index (χ2v) is 5.42. The molecule has 0 heterocycles. The first-order valence-electron chi connectivity index (χ1n) is 7.04. The van der Waals surface area contributed by atoms with Crippen LogP contribution in [0, 0.1) is 5.92 Å². The van der Waals surface area contributed by atoms with Crippen LogP contribution in [0.5, 0.6) is 0 Å². The maximum absolute atomic E-state index is 11.7. The highest BCUT2D eigenvalue weighted by Crippen LogP contribution is 2.27. The Hall–Kier alpha value is -0.690. The Balaban J connectivity index is 2.37. The van der Waals surface area contributed by atoms with E-state index in [1.807, 2.05) is 0 Å². The van der Waals surface area contributed by atoms with Crippen molar-refractivity contribution in [1.82, 2.24) is 5.32 Å². The number of amides is 1. The summed E-state index contributed by atoms with van der Waals surface area (Å²) in [7, 11) is 0. The standard InChI is InChI=1S/C13H26N2O4/c14-11(6-9-4-2-1-3-5-9)12(18)13(19)15-10(7-16)8-17/h9-12,16-18H,1-8,14H2,(H,15,19)/t11-,12?/m1/s1. The molecule has 112 valence electrons. The largest absolute Gasteiger partial charge is 0.394 e. The SMILES string of the molecule is N[C@H](CC1CCCCC1)C(O)C(=O)NC(CO)CO. The summed E-state index contributed by atoms with van der Waals surface area (Å²) in [5.41, 5.74) is 5.87. The van der Waals surface area contributed by atoms with Crippen molar-refractivity contribution >= 4 is 5.91 Å². The summed E-state index contributed by atoms with van der Waals surface area (Å²) in [5, 5.41) is 30.0. The van der Waals surface area contributed by atoms with E-state index in [1.54, 1.807) is 0 Å². The molecule has 1 rings (SSSR count). The van der Waals surface area contributed by atoms with Crippen molar-refractivity contribution in [2.45, 2.75) is 56.7 Å². The average Bonchev–Trinajstić information content (AvgIpc) is 2.44. The van der Waals surface area contributed by atoms with Crippen LogP contribution in [0.15, 0.2) is 0 Å². The molecule has 6 N–H and O–H groups in total. The van der Waals surface area contributed by atoms with Crippen LogP contribution in [-0.2, 0) is 4.79 Å². The highest BCUT2D eigenvalue weighted by molar-refractivity contribution is 5.81. The third kappa shape index (κ3) is 5.44. The highest BCUT2D eigenvalue weighted by Gasteiger charge is 2.27. The van der Waals surface area contributed by atoms with Gasteiger partial charge in [0, 0.05) is 6.04 Å². The first-order chi connectivity index (χ1) is 9.08. The number of nitrogens with two attached hydrogens (primary N) is 1. The molecule has 1 unspecified atom stereocenters. The lowest BCUT2D eigenvalue weighted by Crippen LogP contribution is -2.51. The van der Waals surface area contributed by atoms with Gasteiger partial charge in [0.1, 0.15) is 6.10 Å². The Labute approximate surface area is 114 Å². The lowest BCUT2D eigenvalue weighted by atomic mass is 9.84. The number of aliphatic hydroxyl groups is 3. The van der Waals surface area contributed by atoms with Crippen LogP contribution in [0.3, 0.4) is 0 Å². The Morgan fingerprint density at radius 3 is 2.32 bits per heavy atom. The van der Waals surface area contributed by atoms with E-state index >= 15 is 0 Å². The van der Waals surface area contributed by atoms with E-state index in [0.717, 1.165) is 12.8 Å². The number of carbonyl (C=O) groups excluding carboxylic acids is 1. The molecule has 1 saturated carbocycles. The van der Waals surface area contributed by atoms with Gasteiger partial charge in [0.25, 0.3) is 5.91 Å². The molecule has 0 aromatic carbocycles. The van der Waals surface area contributed by atoms with Crippen molar-refractivity contribution in [3.63, 3.8) is 0 Å². The molecule has 1 aliphatic carbocycles. The summed E-state index contributed by atoms with van der Waals surface area (Å²) in [6.45, 7) is -0.736. The van der Waals surface area contributed by atoms with Crippen LogP contribution in [0.1, 0.15) is 38.5 Å². The third-order valence-electron chi connectivity index (χ3n) is 3.79. The molecule has 0 bridgehead atoms. The monoisotopic (exact) mass is 274 g/mol. The van der Waals surface area contributed by atoms with E-state index in [9.17, 15) is 9.90 Å². The fourth-order valence-electron chi connectivity index (χ4n) is 2.57. The molecule has 0 radical (unpaired) electrons. The van der Waals surface area contributed by atoms with Crippen LogP contribution in [-0.4, -0.2) is 52.6 Å². The lowest BCUT2D eigenvalue weighted by molar-refractivity contribution is -0.132. The van der Waals surface area contributed by atoms with Crippen molar-refractivity contribution in [2.75, 3.05) is 13.2 Å². The van der Waals surface area contributed by atoms with E-state index in [1.165, 1.54) is 19.3 Å². The molecule has 2 atom stereocenters. The van der Waals surface area contributed by atoms with Crippen LogP contribution in [0.2, 0.25) is 0 Å². The molecule has 1 fully saturated rings. The molecule has 1 aliphatic rings. The quantitative estimate of drug-likeness (QED) is 0.413. The fourth-order valence-corrected chi connectivity index (χ4v) is 2.57. The minimum atomic E-state index is -1.29. The zero-order valence-corrected chi connectivity index (χ0v) is 11.3. The minimum absolute atomic E-state index is 0.368. The van der Waals surface area contributed by atoms with E-state index in [2.05, 4.69) is 5.32 Å². The van der Waals surface area contributed by atoms with Crippen molar-refractivity contribution < 1.29 is 20.1 Å². The molecular formula is C13H26N2O4. The number of nitrogens with one attached hydrogen (secondary N) is 1. The van der Waals surface area contributed by atoms with Gasteiger partial charge in [-0.2, -0.15) is 0 Å². The molecule has 0 aromatic heterocycles. The maximum Gasteiger partial charge on any atom is 0.250 e. The molecule has 0 aromatic rings. The predicted molar refractivity (Wildman–Crippen MR) is 71.3 cm³/mol. The normalized spacial score (nSPS) is 20.3. The van der Waals surface area contributed by atoms with E-state index in [4.69, 9.17) is 15.9 Å². The van der Waals surface area contributed by atoms with Crippen molar-refractivity contribution in [2.24, 2.45) is 11.7 Å². The van der Waals surface area contributed by atoms with E-state index in [0.29, 0.717) is 12.3 Å². The maximum atomic E-state index is 11.7. The second-order valence-electron chi connectivity index (χ2n) is 5.42. The average molecular weight is 274 g/mol. The number of carbonyl (C=O) groups is 1. The summed E-state index contributed by atoms with van der Waals surface area (Å²) in [6, 6.07) is -1.34. The number of hydrogen-bond donors (Lipinski definition) is 5. The first kappa shape index (κ1) is 16.4. The van der Waals surface area contributed by atoms with Gasteiger partial charge in [-0.25, -0.2) is 0 Å². The van der Waals surface area contributed by atoms with Gasteiger partial charge >= 0.3 is 0 Å². The molecule has 0 spiro atoms. The molecule has 19 heavy (non-hydrogen) atoms. The van der Waals surface area contributed by atoms with Crippen LogP contribution in [0.25, 0.3) is 0 Å². The topological polar surface area (TPSA) is 116 Å². The molecule has 6 heteroatoms. The summed E-state index contributed by atoms with van der Waals surface area (Å²) in [4.78, 5) is 11.7. The minimum Gasteiger partial charge on any atom is -0.394 e. The number of rotatable bonds is 7. The summed E-state index contributed by atoms with van der Waals surface area (Å²) in [6.07, 6.45) is 5.20. The summed E-state index contributed by atoms with van der Waals surface area (Å²) in [5.74, 6) is -0.144. The Bertz CT molecular complexity index is 265. The van der Waals surface area contributed by atoms with E-state index < -0.39 is 24.1 Å².